The summed E-state index contributed by atoms with van der Waals surface area (Å²) < 4.78 is 16.2. The zero-order valence-electron chi connectivity index (χ0n) is 20.6. The van der Waals surface area contributed by atoms with Crippen molar-refractivity contribution in [2.24, 2.45) is 16.1 Å². The zero-order chi connectivity index (χ0) is 26.4. The van der Waals surface area contributed by atoms with Crippen molar-refractivity contribution in [3.8, 4) is 5.88 Å². The van der Waals surface area contributed by atoms with Gasteiger partial charge in [-0.3, -0.25) is 14.2 Å². The summed E-state index contributed by atoms with van der Waals surface area (Å²) in [6.07, 6.45) is 4.20. The summed E-state index contributed by atoms with van der Waals surface area (Å²) in [7, 11) is 0. The number of carbonyl (C=O) groups excluding carboxylic acids is 1. The molecule has 0 saturated heterocycles. The Morgan fingerprint density at radius 2 is 2.00 bits per heavy atom. The summed E-state index contributed by atoms with van der Waals surface area (Å²) in [4.78, 5) is 32.3. The third-order valence-corrected chi connectivity index (χ3v) is 8.18. The molecule has 3 aromatic heterocycles. The first kappa shape index (κ1) is 24.2. The second kappa shape index (κ2) is 9.60. The Morgan fingerprint density at radius 1 is 1.21 bits per heavy atom. The van der Waals surface area contributed by atoms with Crippen LogP contribution in [-0.2, 0) is 30.7 Å². The number of hydrogen-bond acceptors (Lipinski definition) is 6. The van der Waals surface area contributed by atoms with Gasteiger partial charge in [0, 0.05) is 10.3 Å². The number of benzene rings is 2. The van der Waals surface area contributed by atoms with Crippen molar-refractivity contribution < 1.29 is 14.3 Å². The molecule has 0 fully saturated rings. The fraction of sp³-hybridized carbons (Fsp3) is 0.250. The predicted molar refractivity (Wildman–Crippen MR) is 144 cm³/mol. The monoisotopic (exact) mass is 529 g/mol. The van der Waals surface area contributed by atoms with Crippen molar-refractivity contribution in [1.82, 2.24) is 14.1 Å². The molecule has 1 N–H and O–H groups in total. The van der Waals surface area contributed by atoms with E-state index in [9.17, 15) is 19.1 Å². The standard InChI is InChI=1S/C28H24FN5O3S/c1-16-6-11-20-22(12-16)38-26-24(20)27(36)33(15-30-26)14-23(35)31-32-25-19-4-2-3-5-21(19)34(28(25)37)13-17-7-9-18(29)10-8-17/h2-5,7-10,15-16,37H,6,11-14H2,1H3/t16-/m0/s1. The number of nitrogens with zero attached hydrogens (tertiary/aromatic N) is 5. The van der Waals surface area contributed by atoms with E-state index in [1.165, 1.54) is 27.9 Å². The molecule has 38 heavy (non-hydrogen) atoms. The zero-order valence-corrected chi connectivity index (χ0v) is 21.4. The number of aryl methyl sites for hydroxylation is 1. The number of halogens is 1. The molecule has 8 nitrogen and oxygen atoms in total. The van der Waals surface area contributed by atoms with Gasteiger partial charge in [-0.2, -0.15) is 0 Å². The van der Waals surface area contributed by atoms with Crippen LogP contribution in [0.4, 0.5) is 10.1 Å². The summed E-state index contributed by atoms with van der Waals surface area (Å²) in [6, 6.07) is 13.2. The molecule has 1 atom stereocenters. The van der Waals surface area contributed by atoms with Gasteiger partial charge in [0.05, 0.1) is 23.8 Å². The van der Waals surface area contributed by atoms with E-state index in [0.29, 0.717) is 27.0 Å². The van der Waals surface area contributed by atoms with Crippen LogP contribution in [0.5, 0.6) is 5.88 Å². The van der Waals surface area contributed by atoms with Crippen molar-refractivity contribution >= 4 is 44.1 Å². The molecule has 0 unspecified atom stereocenters. The van der Waals surface area contributed by atoms with Crippen LogP contribution in [0.15, 0.2) is 69.9 Å². The minimum absolute atomic E-state index is 0.151. The van der Waals surface area contributed by atoms with E-state index in [-0.39, 0.29) is 36.0 Å². The highest BCUT2D eigenvalue weighted by atomic mass is 32.1. The molecule has 0 aliphatic heterocycles. The Kier molecular flexibility index (Phi) is 6.11. The molecule has 192 valence electrons. The SMILES string of the molecule is C[C@H]1CCc2c(sc3ncn(CC(=O)N=Nc4c(O)n(Cc5ccc(F)cc5)c5ccccc45)c(=O)c23)C1. The van der Waals surface area contributed by atoms with Crippen LogP contribution in [0, 0.1) is 11.7 Å². The van der Waals surface area contributed by atoms with Crippen molar-refractivity contribution in [3.05, 3.63) is 87.0 Å². The van der Waals surface area contributed by atoms with E-state index in [1.54, 1.807) is 40.2 Å². The van der Waals surface area contributed by atoms with E-state index in [0.717, 1.165) is 30.4 Å². The maximum absolute atomic E-state index is 13.3. The summed E-state index contributed by atoms with van der Waals surface area (Å²) in [5.41, 5.74) is 2.44. The van der Waals surface area contributed by atoms with Crippen LogP contribution in [0.3, 0.4) is 0 Å². The molecule has 1 aliphatic carbocycles. The molecule has 2 aromatic carbocycles. The number of amides is 1. The molecule has 6 rings (SSSR count). The van der Waals surface area contributed by atoms with Crippen LogP contribution >= 0.6 is 11.3 Å². The topological polar surface area (TPSA) is 102 Å². The lowest BCUT2D eigenvalue weighted by atomic mass is 9.89. The lowest BCUT2D eigenvalue weighted by Gasteiger charge is -2.17. The lowest BCUT2D eigenvalue weighted by molar-refractivity contribution is -0.118. The first-order valence-electron chi connectivity index (χ1n) is 12.4. The van der Waals surface area contributed by atoms with Crippen LogP contribution < -0.4 is 5.56 Å². The molecular weight excluding hydrogens is 505 g/mol. The number of para-hydroxylation sites is 1. The van der Waals surface area contributed by atoms with Gasteiger partial charge in [-0.25, -0.2) is 9.37 Å². The van der Waals surface area contributed by atoms with Gasteiger partial charge >= 0.3 is 0 Å². The van der Waals surface area contributed by atoms with E-state index >= 15 is 0 Å². The van der Waals surface area contributed by atoms with Gasteiger partial charge < -0.3 is 9.67 Å². The number of aromatic hydroxyl groups is 1. The third-order valence-electron chi connectivity index (χ3n) is 7.02. The number of fused-ring (bicyclic) bond motifs is 4. The highest BCUT2D eigenvalue weighted by molar-refractivity contribution is 7.18. The van der Waals surface area contributed by atoms with Gasteiger partial charge in [0.25, 0.3) is 11.5 Å². The van der Waals surface area contributed by atoms with E-state index in [2.05, 4.69) is 22.1 Å². The number of carbonyl (C=O) groups is 1. The number of azo groups is 1. The lowest BCUT2D eigenvalue weighted by Crippen LogP contribution is -2.24. The average molecular weight is 530 g/mol. The van der Waals surface area contributed by atoms with Gasteiger partial charge in [-0.05, 0) is 54.5 Å². The predicted octanol–water partition coefficient (Wildman–Crippen LogP) is 5.74. The average Bonchev–Trinajstić information content (AvgIpc) is 3.40. The van der Waals surface area contributed by atoms with Crippen molar-refractivity contribution in [1.29, 1.82) is 0 Å². The first-order chi connectivity index (χ1) is 18.4. The highest BCUT2D eigenvalue weighted by Gasteiger charge is 2.23. The normalized spacial score (nSPS) is 15.5. The van der Waals surface area contributed by atoms with Gasteiger partial charge in [0.1, 0.15) is 17.2 Å². The molecule has 0 radical (unpaired) electrons. The molecule has 0 bridgehead atoms. The largest absolute Gasteiger partial charge is 0.493 e. The summed E-state index contributed by atoms with van der Waals surface area (Å²) in [6.45, 7) is 2.18. The first-order valence-corrected chi connectivity index (χ1v) is 13.2. The Balaban J connectivity index is 1.28. The highest BCUT2D eigenvalue weighted by Crippen LogP contribution is 2.39. The molecule has 1 aliphatic rings. The summed E-state index contributed by atoms with van der Waals surface area (Å²) in [5, 5.41) is 20.1. The van der Waals surface area contributed by atoms with Crippen LogP contribution in [0.2, 0.25) is 0 Å². The van der Waals surface area contributed by atoms with Gasteiger partial charge in [-0.15, -0.1) is 21.6 Å². The fourth-order valence-electron chi connectivity index (χ4n) is 5.06. The minimum Gasteiger partial charge on any atom is -0.493 e. The molecule has 10 heteroatoms. The number of hydrogen-bond donors (Lipinski definition) is 1. The van der Waals surface area contributed by atoms with Crippen LogP contribution in [0.25, 0.3) is 21.1 Å². The van der Waals surface area contributed by atoms with Gasteiger partial charge in [-0.1, -0.05) is 37.3 Å². The van der Waals surface area contributed by atoms with Crippen molar-refractivity contribution in [3.63, 3.8) is 0 Å². The quantitative estimate of drug-likeness (QED) is 0.293. The van der Waals surface area contributed by atoms with Crippen molar-refractivity contribution in [2.75, 3.05) is 0 Å². The summed E-state index contributed by atoms with van der Waals surface area (Å²) >= 11 is 1.56. The van der Waals surface area contributed by atoms with Gasteiger partial charge in [0.2, 0.25) is 5.88 Å². The molecule has 5 aromatic rings. The second-order valence-electron chi connectivity index (χ2n) is 9.71. The Bertz CT molecular complexity index is 1780. The maximum Gasteiger partial charge on any atom is 0.284 e. The second-order valence-corrected chi connectivity index (χ2v) is 10.8. The number of thiophene rings is 1. The molecule has 0 spiro atoms. The third kappa shape index (κ3) is 4.30. The van der Waals surface area contributed by atoms with Crippen molar-refractivity contribution in [2.45, 2.75) is 39.3 Å². The van der Waals surface area contributed by atoms with E-state index < -0.39 is 5.91 Å². The molecule has 3 heterocycles. The number of rotatable bonds is 5. The Labute approximate surface area is 220 Å². The molecule has 0 saturated carbocycles. The Hall–Kier alpha value is -4.18. The van der Waals surface area contributed by atoms with E-state index in [1.807, 2.05) is 12.1 Å². The van der Waals surface area contributed by atoms with Crippen LogP contribution in [0.1, 0.15) is 29.3 Å². The maximum atomic E-state index is 13.3. The molecular formula is C28H24FN5O3S. The smallest absolute Gasteiger partial charge is 0.284 e. The molecule has 1 amide bonds. The van der Waals surface area contributed by atoms with E-state index in [4.69, 9.17) is 0 Å². The number of aromatic nitrogens is 3. The van der Waals surface area contributed by atoms with Crippen LogP contribution in [-0.4, -0.2) is 25.1 Å². The van der Waals surface area contributed by atoms with Gasteiger partial charge in [0.15, 0.2) is 5.69 Å². The Morgan fingerprint density at radius 3 is 2.82 bits per heavy atom. The summed E-state index contributed by atoms with van der Waals surface area (Å²) in [5.74, 6) is -0.560. The minimum atomic E-state index is -0.638. The fourth-order valence-corrected chi connectivity index (χ4v) is 6.41.